The highest BCUT2D eigenvalue weighted by atomic mass is 16.4. The highest BCUT2D eigenvalue weighted by molar-refractivity contribution is 5.79. The van der Waals surface area contributed by atoms with Crippen molar-refractivity contribution < 1.29 is 14.7 Å². The second-order valence-corrected chi connectivity index (χ2v) is 10.8. The van der Waals surface area contributed by atoms with Gasteiger partial charge in [-0.05, 0) is 38.8 Å². The topological polar surface area (TPSA) is 69.6 Å². The third kappa shape index (κ3) is 19.1. The summed E-state index contributed by atoms with van der Waals surface area (Å²) in [7, 11) is 0. The van der Waals surface area contributed by atoms with Crippen molar-refractivity contribution in [3.8, 4) is 0 Å². The van der Waals surface area contributed by atoms with Crippen LogP contribution in [-0.2, 0) is 9.59 Å². The zero-order chi connectivity index (χ0) is 26.9. The lowest BCUT2D eigenvalue weighted by Crippen LogP contribution is -2.56. The molecule has 0 bridgehead atoms. The molecule has 0 heterocycles. The molecule has 5 heteroatoms. The SMILES string of the molecule is CCCCCCCCCCCCCCCCCC(=O)NC(CC)C(C(=O)O)N(CCCC)CCCC. The Kier molecular flexibility index (Phi) is 24.8. The molecule has 0 aromatic carbocycles. The van der Waals surface area contributed by atoms with Gasteiger partial charge in [0.2, 0.25) is 5.91 Å². The van der Waals surface area contributed by atoms with Crippen molar-refractivity contribution in [1.82, 2.24) is 10.2 Å². The van der Waals surface area contributed by atoms with Gasteiger partial charge in [-0.15, -0.1) is 0 Å². The van der Waals surface area contributed by atoms with Crippen LogP contribution in [0.15, 0.2) is 0 Å². The molecule has 2 unspecified atom stereocenters. The van der Waals surface area contributed by atoms with Crippen molar-refractivity contribution in [3.63, 3.8) is 0 Å². The number of carbonyl (C=O) groups is 2. The largest absolute Gasteiger partial charge is 0.480 e. The van der Waals surface area contributed by atoms with E-state index in [9.17, 15) is 14.7 Å². The normalized spacial score (nSPS) is 13.1. The highest BCUT2D eigenvalue weighted by Crippen LogP contribution is 2.15. The second kappa shape index (κ2) is 25.5. The van der Waals surface area contributed by atoms with E-state index in [4.69, 9.17) is 0 Å². The predicted octanol–water partition coefficient (Wildman–Crippen LogP) is 8.50. The van der Waals surface area contributed by atoms with Gasteiger partial charge < -0.3 is 10.4 Å². The Morgan fingerprint density at radius 3 is 1.36 bits per heavy atom. The number of carboxylic acids is 1. The molecule has 5 nitrogen and oxygen atoms in total. The average molecular weight is 511 g/mol. The van der Waals surface area contributed by atoms with Crippen LogP contribution in [-0.4, -0.2) is 47.1 Å². The van der Waals surface area contributed by atoms with Crippen molar-refractivity contribution in [1.29, 1.82) is 0 Å². The molecular formula is C31H62N2O3. The maximum atomic E-state index is 12.6. The molecule has 0 aliphatic heterocycles. The molecule has 1 amide bonds. The number of unbranched alkanes of at least 4 members (excludes halogenated alkanes) is 16. The van der Waals surface area contributed by atoms with E-state index in [1.807, 2.05) is 6.92 Å². The number of aliphatic carboxylic acids is 1. The quantitative estimate of drug-likeness (QED) is 0.109. The molecule has 0 aromatic heterocycles. The first-order valence-electron chi connectivity index (χ1n) is 15.8. The average Bonchev–Trinajstić information content (AvgIpc) is 2.86. The summed E-state index contributed by atoms with van der Waals surface area (Å²) in [6.07, 6.45) is 24.8. The number of nitrogens with zero attached hydrogens (tertiary/aromatic N) is 1. The molecule has 0 saturated heterocycles. The maximum absolute atomic E-state index is 12.6. The van der Waals surface area contributed by atoms with E-state index in [0.717, 1.165) is 51.6 Å². The lowest BCUT2D eigenvalue weighted by molar-refractivity contribution is -0.145. The van der Waals surface area contributed by atoms with Crippen LogP contribution in [0.3, 0.4) is 0 Å². The summed E-state index contributed by atoms with van der Waals surface area (Å²) in [4.78, 5) is 26.8. The number of hydrogen-bond donors (Lipinski definition) is 2. The van der Waals surface area contributed by atoms with Crippen LogP contribution in [0, 0.1) is 0 Å². The summed E-state index contributed by atoms with van der Waals surface area (Å²) < 4.78 is 0. The van der Waals surface area contributed by atoms with E-state index >= 15 is 0 Å². The summed E-state index contributed by atoms with van der Waals surface area (Å²) in [5.74, 6) is -0.810. The Bertz CT molecular complexity index is 504. The molecule has 2 N–H and O–H groups in total. The first-order valence-corrected chi connectivity index (χ1v) is 15.8. The number of nitrogens with one attached hydrogen (secondary N) is 1. The van der Waals surface area contributed by atoms with Crippen molar-refractivity contribution in [3.05, 3.63) is 0 Å². The van der Waals surface area contributed by atoms with Gasteiger partial charge >= 0.3 is 5.97 Å². The van der Waals surface area contributed by atoms with E-state index in [1.54, 1.807) is 0 Å². The van der Waals surface area contributed by atoms with Gasteiger partial charge in [-0.2, -0.15) is 0 Å². The van der Waals surface area contributed by atoms with Crippen molar-refractivity contribution >= 4 is 11.9 Å². The van der Waals surface area contributed by atoms with Gasteiger partial charge in [0.05, 0.1) is 6.04 Å². The maximum Gasteiger partial charge on any atom is 0.323 e. The van der Waals surface area contributed by atoms with Crippen LogP contribution >= 0.6 is 0 Å². The van der Waals surface area contributed by atoms with Crippen molar-refractivity contribution in [2.75, 3.05) is 13.1 Å². The Morgan fingerprint density at radius 1 is 0.611 bits per heavy atom. The minimum absolute atomic E-state index is 0.00808. The Labute approximate surface area is 224 Å². The van der Waals surface area contributed by atoms with Gasteiger partial charge in [-0.3, -0.25) is 14.5 Å². The highest BCUT2D eigenvalue weighted by Gasteiger charge is 2.33. The van der Waals surface area contributed by atoms with Crippen LogP contribution in [0.25, 0.3) is 0 Å². The molecule has 214 valence electrons. The van der Waals surface area contributed by atoms with Gasteiger partial charge in [0, 0.05) is 6.42 Å². The van der Waals surface area contributed by atoms with Crippen molar-refractivity contribution in [2.24, 2.45) is 0 Å². The predicted molar refractivity (Wildman–Crippen MR) is 155 cm³/mol. The van der Waals surface area contributed by atoms with Crippen LogP contribution in [0.4, 0.5) is 0 Å². The molecule has 0 radical (unpaired) electrons. The smallest absolute Gasteiger partial charge is 0.323 e. The first kappa shape index (κ1) is 34.9. The van der Waals surface area contributed by atoms with Gasteiger partial charge in [0.1, 0.15) is 6.04 Å². The molecule has 0 aromatic rings. The first-order chi connectivity index (χ1) is 17.5. The van der Waals surface area contributed by atoms with Crippen molar-refractivity contribution in [2.45, 2.75) is 175 Å². The zero-order valence-electron chi connectivity index (χ0n) is 24.6. The van der Waals surface area contributed by atoms with Crippen LogP contribution in [0.2, 0.25) is 0 Å². The summed E-state index contributed by atoms with van der Waals surface area (Å²) in [5, 5.41) is 13.1. The molecule has 0 aliphatic rings. The number of hydrogen-bond acceptors (Lipinski definition) is 3. The molecule has 2 atom stereocenters. The lowest BCUT2D eigenvalue weighted by atomic mass is 10.0. The van der Waals surface area contributed by atoms with Gasteiger partial charge in [0.15, 0.2) is 0 Å². The van der Waals surface area contributed by atoms with Gasteiger partial charge in [0.25, 0.3) is 0 Å². The second-order valence-electron chi connectivity index (χ2n) is 10.8. The minimum atomic E-state index is -0.818. The Balaban J connectivity index is 4.06. The third-order valence-corrected chi connectivity index (χ3v) is 7.42. The Morgan fingerprint density at radius 2 is 1.00 bits per heavy atom. The number of carboxylic acid groups (broad SMARTS) is 1. The van der Waals surface area contributed by atoms with Crippen LogP contribution in [0.5, 0.6) is 0 Å². The van der Waals surface area contributed by atoms with E-state index in [0.29, 0.717) is 12.8 Å². The van der Waals surface area contributed by atoms with Crippen LogP contribution < -0.4 is 5.32 Å². The molecular weight excluding hydrogens is 448 g/mol. The lowest BCUT2D eigenvalue weighted by Gasteiger charge is -2.34. The summed E-state index contributed by atoms with van der Waals surface area (Å²) in [6.45, 7) is 10.1. The molecule has 0 fully saturated rings. The van der Waals surface area contributed by atoms with Crippen LogP contribution in [0.1, 0.15) is 163 Å². The molecule has 0 rings (SSSR count). The minimum Gasteiger partial charge on any atom is -0.480 e. The molecule has 0 aliphatic carbocycles. The van der Waals surface area contributed by atoms with E-state index in [-0.39, 0.29) is 11.9 Å². The summed E-state index contributed by atoms with van der Waals surface area (Å²) >= 11 is 0. The monoisotopic (exact) mass is 510 g/mol. The van der Waals surface area contributed by atoms with E-state index in [2.05, 4.69) is 31.0 Å². The number of amides is 1. The number of carbonyl (C=O) groups excluding carboxylic acids is 1. The third-order valence-electron chi connectivity index (χ3n) is 7.42. The number of rotatable bonds is 27. The molecule has 0 saturated carbocycles. The standard InChI is InChI=1S/C31H62N2O3/c1-5-9-12-13-14-15-16-17-18-19-20-21-22-23-24-25-29(34)32-28(8-4)30(31(35)36)33(26-10-6-2)27-11-7-3/h28,30H,5-27H2,1-4H3,(H,32,34)(H,35,36). The van der Waals surface area contributed by atoms with Gasteiger partial charge in [-0.1, -0.05) is 130 Å². The fourth-order valence-corrected chi connectivity index (χ4v) is 5.04. The molecule has 36 heavy (non-hydrogen) atoms. The summed E-state index contributed by atoms with van der Waals surface area (Å²) in [5.41, 5.74) is 0. The van der Waals surface area contributed by atoms with Gasteiger partial charge in [-0.25, -0.2) is 0 Å². The fourth-order valence-electron chi connectivity index (χ4n) is 5.04. The van der Waals surface area contributed by atoms with E-state index < -0.39 is 12.0 Å². The summed E-state index contributed by atoms with van der Waals surface area (Å²) in [6, 6.07) is -0.974. The Hall–Kier alpha value is -1.10. The fraction of sp³-hybridized carbons (Fsp3) is 0.935. The zero-order valence-corrected chi connectivity index (χ0v) is 24.6. The van der Waals surface area contributed by atoms with E-state index in [1.165, 1.54) is 83.5 Å². The molecule has 0 spiro atoms.